The van der Waals surface area contributed by atoms with Crippen LogP contribution in [-0.4, -0.2) is 29.9 Å². The predicted octanol–water partition coefficient (Wildman–Crippen LogP) is 2.25. The van der Waals surface area contributed by atoms with Crippen molar-refractivity contribution < 1.29 is 0 Å². The van der Waals surface area contributed by atoms with Crippen molar-refractivity contribution in [3.8, 4) is 0 Å². The normalized spacial score (nSPS) is 16.8. The summed E-state index contributed by atoms with van der Waals surface area (Å²) >= 11 is 0. The first kappa shape index (κ1) is 14.4. The van der Waals surface area contributed by atoms with E-state index in [1.165, 1.54) is 43.5 Å². The number of aromatic nitrogens is 2. The van der Waals surface area contributed by atoms with Crippen LogP contribution in [0.5, 0.6) is 0 Å². The first-order valence-corrected chi connectivity index (χ1v) is 7.57. The second-order valence-electron chi connectivity index (χ2n) is 5.93. The zero-order valence-electron chi connectivity index (χ0n) is 12.7. The van der Waals surface area contributed by atoms with Gasteiger partial charge in [0.2, 0.25) is 0 Å². The van der Waals surface area contributed by atoms with E-state index in [1.54, 1.807) is 0 Å². The molecule has 0 atom stereocenters. The number of aryl methyl sites for hydroxylation is 2. The lowest BCUT2D eigenvalue weighted by molar-refractivity contribution is 0.361. The number of nitrogens with two attached hydrogens (primary N) is 1. The molecule has 1 aliphatic rings. The molecule has 19 heavy (non-hydrogen) atoms. The van der Waals surface area contributed by atoms with Gasteiger partial charge in [0, 0.05) is 26.2 Å². The molecule has 0 spiro atoms. The number of rotatable bonds is 5. The Morgan fingerprint density at radius 2 is 2.00 bits per heavy atom. The Kier molecular flexibility index (Phi) is 4.86. The molecule has 1 aliphatic carbocycles. The van der Waals surface area contributed by atoms with E-state index >= 15 is 0 Å². The quantitative estimate of drug-likeness (QED) is 0.887. The lowest BCUT2D eigenvalue weighted by Gasteiger charge is -2.29. The molecule has 0 unspecified atom stereocenters. The third-order valence-electron chi connectivity index (χ3n) is 4.33. The van der Waals surface area contributed by atoms with Crippen LogP contribution in [0.4, 0.5) is 5.82 Å². The van der Waals surface area contributed by atoms with Crippen LogP contribution < -0.4 is 10.6 Å². The van der Waals surface area contributed by atoms with Crippen LogP contribution in [0.25, 0.3) is 0 Å². The van der Waals surface area contributed by atoms with Crippen molar-refractivity contribution >= 4 is 5.82 Å². The summed E-state index contributed by atoms with van der Waals surface area (Å²) in [5.74, 6) is 2.10. The molecule has 108 valence electrons. The highest BCUT2D eigenvalue weighted by Crippen LogP contribution is 2.28. The second kappa shape index (κ2) is 6.42. The van der Waals surface area contributed by atoms with Crippen molar-refractivity contribution in [1.82, 2.24) is 9.78 Å². The van der Waals surface area contributed by atoms with Crippen LogP contribution in [0.2, 0.25) is 0 Å². The maximum atomic E-state index is 5.74. The SMILES string of the molecule is Cc1nn(C)c(N(C)CC2CCCCC2)c1CCN. The third kappa shape index (κ3) is 3.30. The summed E-state index contributed by atoms with van der Waals surface area (Å²) in [6, 6.07) is 0. The molecular formula is C15H28N4. The average molecular weight is 264 g/mol. The molecule has 0 bridgehead atoms. The number of hydrogen-bond acceptors (Lipinski definition) is 3. The molecular weight excluding hydrogens is 236 g/mol. The second-order valence-corrected chi connectivity index (χ2v) is 5.93. The van der Waals surface area contributed by atoms with Gasteiger partial charge in [0.05, 0.1) is 5.69 Å². The van der Waals surface area contributed by atoms with Crippen LogP contribution in [0.1, 0.15) is 43.4 Å². The van der Waals surface area contributed by atoms with Gasteiger partial charge in [-0.15, -0.1) is 0 Å². The molecule has 0 radical (unpaired) electrons. The molecule has 1 saturated carbocycles. The van der Waals surface area contributed by atoms with Gasteiger partial charge in [-0.3, -0.25) is 4.68 Å². The van der Waals surface area contributed by atoms with Crippen LogP contribution in [0.3, 0.4) is 0 Å². The Hall–Kier alpha value is -1.03. The van der Waals surface area contributed by atoms with Gasteiger partial charge < -0.3 is 10.6 Å². The summed E-state index contributed by atoms with van der Waals surface area (Å²) in [7, 11) is 4.24. The lowest BCUT2D eigenvalue weighted by Crippen LogP contribution is -2.29. The summed E-state index contributed by atoms with van der Waals surface area (Å²) in [6.07, 6.45) is 7.91. The predicted molar refractivity (Wildman–Crippen MR) is 80.5 cm³/mol. The standard InChI is InChI=1S/C15H28N4/c1-12-14(9-10-16)15(19(3)17-12)18(2)11-13-7-5-4-6-8-13/h13H,4-11,16H2,1-3H3. The fourth-order valence-corrected chi connectivity index (χ4v) is 3.45. The molecule has 2 N–H and O–H groups in total. The van der Waals surface area contributed by atoms with E-state index in [9.17, 15) is 0 Å². The molecule has 0 amide bonds. The van der Waals surface area contributed by atoms with E-state index in [1.807, 2.05) is 11.7 Å². The summed E-state index contributed by atoms with van der Waals surface area (Å²) in [4.78, 5) is 2.39. The Morgan fingerprint density at radius 1 is 1.32 bits per heavy atom. The van der Waals surface area contributed by atoms with Crippen molar-refractivity contribution in [2.45, 2.75) is 45.4 Å². The Bertz CT molecular complexity index is 405. The molecule has 1 heterocycles. The van der Waals surface area contributed by atoms with Gasteiger partial charge in [0.1, 0.15) is 5.82 Å². The average Bonchev–Trinajstić information content (AvgIpc) is 2.66. The molecule has 4 heteroatoms. The number of hydrogen-bond donors (Lipinski definition) is 1. The number of anilines is 1. The van der Waals surface area contributed by atoms with Gasteiger partial charge in [-0.05, 0) is 38.6 Å². The minimum absolute atomic E-state index is 0.691. The molecule has 1 aromatic heterocycles. The minimum atomic E-state index is 0.691. The van der Waals surface area contributed by atoms with Gasteiger partial charge in [0.25, 0.3) is 0 Å². The largest absolute Gasteiger partial charge is 0.359 e. The van der Waals surface area contributed by atoms with Gasteiger partial charge in [0.15, 0.2) is 0 Å². The molecule has 0 aliphatic heterocycles. The van der Waals surface area contributed by atoms with E-state index in [0.717, 1.165) is 24.6 Å². The molecule has 4 nitrogen and oxygen atoms in total. The molecule has 0 saturated heterocycles. The molecule has 0 aromatic carbocycles. The highest BCUT2D eigenvalue weighted by molar-refractivity contribution is 5.49. The summed E-state index contributed by atoms with van der Waals surface area (Å²) in [5, 5.41) is 4.56. The van der Waals surface area contributed by atoms with E-state index in [4.69, 9.17) is 5.73 Å². The molecule has 2 rings (SSSR count). The summed E-state index contributed by atoms with van der Waals surface area (Å²) in [6.45, 7) is 3.93. The van der Waals surface area contributed by atoms with Gasteiger partial charge in [-0.2, -0.15) is 5.10 Å². The number of nitrogens with zero attached hydrogens (tertiary/aromatic N) is 3. The highest BCUT2D eigenvalue weighted by Gasteiger charge is 2.20. The lowest BCUT2D eigenvalue weighted by atomic mass is 9.89. The first-order chi connectivity index (χ1) is 9.13. The van der Waals surface area contributed by atoms with Crippen LogP contribution in [-0.2, 0) is 13.5 Å². The topological polar surface area (TPSA) is 47.1 Å². The van der Waals surface area contributed by atoms with E-state index in [0.29, 0.717) is 6.54 Å². The molecule has 1 aromatic rings. The van der Waals surface area contributed by atoms with E-state index < -0.39 is 0 Å². The minimum Gasteiger partial charge on any atom is -0.359 e. The van der Waals surface area contributed by atoms with Gasteiger partial charge >= 0.3 is 0 Å². The van der Waals surface area contributed by atoms with Crippen molar-refractivity contribution in [2.75, 3.05) is 25.0 Å². The Balaban J connectivity index is 2.10. The Morgan fingerprint density at radius 3 is 2.63 bits per heavy atom. The van der Waals surface area contributed by atoms with Crippen LogP contribution in [0, 0.1) is 12.8 Å². The van der Waals surface area contributed by atoms with Crippen molar-refractivity contribution in [3.05, 3.63) is 11.3 Å². The fraction of sp³-hybridized carbons (Fsp3) is 0.800. The van der Waals surface area contributed by atoms with Crippen molar-refractivity contribution in [2.24, 2.45) is 18.7 Å². The van der Waals surface area contributed by atoms with E-state index in [-0.39, 0.29) is 0 Å². The summed E-state index contributed by atoms with van der Waals surface area (Å²) < 4.78 is 2.02. The monoisotopic (exact) mass is 264 g/mol. The Labute approximate surface area is 117 Å². The fourth-order valence-electron chi connectivity index (χ4n) is 3.45. The molecule has 1 fully saturated rings. The smallest absolute Gasteiger partial charge is 0.129 e. The van der Waals surface area contributed by atoms with Gasteiger partial charge in [-0.1, -0.05) is 19.3 Å². The maximum absolute atomic E-state index is 5.74. The summed E-state index contributed by atoms with van der Waals surface area (Å²) in [5.41, 5.74) is 8.18. The zero-order valence-corrected chi connectivity index (χ0v) is 12.7. The maximum Gasteiger partial charge on any atom is 0.129 e. The highest BCUT2D eigenvalue weighted by atomic mass is 15.4. The van der Waals surface area contributed by atoms with E-state index in [2.05, 4.69) is 24.0 Å². The van der Waals surface area contributed by atoms with Crippen molar-refractivity contribution in [1.29, 1.82) is 0 Å². The van der Waals surface area contributed by atoms with Crippen molar-refractivity contribution in [3.63, 3.8) is 0 Å². The van der Waals surface area contributed by atoms with Crippen LogP contribution >= 0.6 is 0 Å². The van der Waals surface area contributed by atoms with Gasteiger partial charge in [-0.25, -0.2) is 0 Å². The first-order valence-electron chi connectivity index (χ1n) is 7.57. The van der Waals surface area contributed by atoms with Crippen LogP contribution in [0.15, 0.2) is 0 Å². The zero-order chi connectivity index (χ0) is 13.8. The third-order valence-corrected chi connectivity index (χ3v) is 4.33.